The number of benzene rings is 3. The van der Waals surface area contributed by atoms with Crippen molar-refractivity contribution in [3.8, 4) is 17.6 Å². The van der Waals surface area contributed by atoms with Crippen LogP contribution in [0.3, 0.4) is 0 Å². The fourth-order valence-electron chi connectivity index (χ4n) is 2.78. The van der Waals surface area contributed by atoms with Crippen LogP contribution in [0.1, 0.15) is 23.6 Å². The summed E-state index contributed by atoms with van der Waals surface area (Å²) in [6, 6.07) is 21.0. The molecule has 0 radical (unpaired) electrons. The molecule has 0 saturated carbocycles. The molecular formula is C24H19ClFNO2. The molecule has 5 heteroatoms. The van der Waals surface area contributed by atoms with Crippen LogP contribution in [0, 0.1) is 17.1 Å². The first-order chi connectivity index (χ1) is 14.1. The minimum Gasteiger partial charge on any atom is -0.490 e. The Morgan fingerprint density at radius 1 is 1.03 bits per heavy atom. The number of hydrogen-bond donors (Lipinski definition) is 0. The minimum absolute atomic E-state index is 0.307. The molecule has 0 N–H and O–H groups in total. The number of allylic oxidation sites excluding steroid dienone is 1. The highest BCUT2D eigenvalue weighted by Crippen LogP contribution is 2.31. The van der Waals surface area contributed by atoms with Gasteiger partial charge in [-0.2, -0.15) is 5.26 Å². The van der Waals surface area contributed by atoms with E-state index >= 15 is 0 Å². The Hall–Kier alpha value is -3.29. The van der Waals surface area contributed by atoms with Crippen LogP contribution in [-0.2, 0) is 6.61 Å². The maximum atomic E-state index is 13.5. The second-order valence-corrected chi connectivity index (χ2v) is 6.61. The van der Waals surface area contributed by atoms with Gasteiger partial charge in [0.1, 0.15) is 12.4 Å². The van der Waals surface area contributed by atoms with Crippen molar-refractivity contribution < 1.29 is 13.9 Å². The van der Waals surface area contributed by atoms with Gasteiger partial charge in [-0.15, -0.1) is 0 Å². The molecule has 0 atom stereocenters. The maximum absolute atomic E-state index is 13.5. The highest BCUT2D eigenvalue weighted by molar-refractivity contribution is 6.31. The summed E-state index contributed by atoms with van der Waals surface area (Å²) in [6.07, 6.45) is 1.69. The van der Waals surface area contributed by atoms with Crippen LogP contribution < -0.4 is 9.47 Å². The molecule has 0 fully saturated rings. The normalized spacial score (nSPS) is 11.0. The molecule has 0 saturated heterocycles. The molecule has 3 nitrogen and oxygen atoms in total. The van der Waals surface area contributed by atoms with Gasteiger partial charge >= 0.3 is 0 Å². The molecule has 3 aromatic rings. The third-order valence-electron chi connectivity index (χ3n) is 4.18. The lowest BCUT2D eigenvalue weighted by atomic mass is 10.0. The molecule has 0 unspecified atom stereocenters. The summed E-state index contributed by atoms with van der Waals surface area (Å²) in [6.45, 7) is 2.65. The molecule has 0 aromatic heterocycles. The smallest absolute Gasteiger partial charge is 0.161 e. The van der Waals surface area contributed by atoms with E-state index in [9.17, 15) is 9.65 Å². The molecule has 146 valence electrons. The first-order valence-corrected chi connectivity index (χ1v) is 9.49. The summed E-state index contributed by atoms with van der Waals surface area (Å²) in [4.78, 5) is 0. The molecule has 29 heavy (non-hydrogen) atoms. The SMILES string of the molecule is CCOc1cc(/C=C(/C#N)c2cccc(F)c2)ccc1OCc1ccccc1Cl. The summed E-state index contributed by atoms with van der Waals surface area (Å²) in [5.74, 6) is 0.750. The summed E-state index contributed by atoms with van der Waals surface area (Å²) in [5, 5.41) is 10.1. The van der Waals surface area contributed by atoms with E-state index in [1.807, 2.05) is 37.3 Å². The second-order valence-electron chi connectivity index (χ2n) is 6.20. The minimum atomic E-state index is -0.387. The number of rotatable bonds is 7. The van der Waals surface area contributed by atoms with Gasteiger partial charge in [0.25, 0.3) is 0 Å². The van der Waals surface area contributed by atoms with Crippen molar-refractivity contribution in [3.63, 3.8) is 0 Å². The second kappa shape index (κ2) is 9.77. The number of halogens is 2. The van der Waals surface area contributed by atoms with Crippen molar-refractivity contribution >= 4 is 23.3 Å². The number of hydrogen-bond acceptors (Lipinski definition) is 3. The highest BCUT2D eigenvalue weighted by atomic mass is 35.5. The standard InChI is InChI=1S/C24H19ClFNO2/c1-2-28-24-13-17(12-20(15-27)18-7-5-8-21(26)14-18)10-11-23(24)29-16-19-6-3-4-9-22(19)25/h3-14H,2,16H2,1H3/b20-12-. The van der Waals surface area contributed by atoms with Crippen LogP contribution in [0.5, 0.6) is 11.5 Å². The van der Waals surface area contributed by atoms with Gasteiger partial charge in [-0.25, -0.2) is 4.39 Å². The molecule has 0 spiro atoms. The van der Waals surface area contributed by atoms with Crippen molar-refractivity contribution in [2.24, 2.45) is 0 Å². The molecule has 0 aliphatic carbocycles. The van der Waals surface area contributed by atoms with Gasteiger partial charge in [0.2, 0.25) is 0 Å². The van der Waals surface area contributed by atoms with Crippen LogP contribution >= 0.6 is 11.6 Å². The van der Waals surface area contributed by atoms with Gasteiger partial charge in [-0.05, 0) is 54.5 Å². The van der Waals surface area contributed by atoms with Gasteiger partial charge < -0.3 is 9.47 Å². The summed E-state index contributed by atoms with van der Waals surface area (Å²) in [5.41, 5.74) is 2.50. The molecule has 3 aromatic carbocycles. The van der Waals surface area contributed by atoms with Crippen molar-refractivity contribution in [3.05, 3.63) is 94.3 Å². The van der Waals surface area contributed by atoms with Gasteiger partial charge in [-0.1, -0.05) is 48.0 Å². The van der Waals surface area contributed by atoms with E-state index in [1.54, 1.807) is 30.3 Å². The molecule has 0 bridgehead atoms. The lowest BCUT2D eigenvalue weighted by Gasteiger charge is -2.13. The van der Waals surface area contributed by atoms with Crippen LogP contribution in [0.15, 0.2) is 66.7 Å². The zero-order chi connectivity index (χ0) is 20.6. The Bertz CT molecular complexity index is 1070. The van der Waals surface area contributed by atoms with Gasteiger partial charge in [0, 0.05) is 10.6 Å². The summed E-state index contributed by atoms with van der Waals surface area (Å²) >= 11 is 6.18. The van der Waals surface area contributed by atoms with E-state index in [0.29, 0.717) is 40.9 Å². The molecule has 3 rings (SSSR count). The first kappa shape index (κ1) is 20.4. The predicted molar refractivity (Wildman–Crippen MR) is 113 cm³/mol. The Balaban J connectivity index is 1.87. The quantitative estimate of drug-likeness (QED) is 0.330. The lowest BCUT2D eigenvalue weighted by molar-refractivity contribution is 0.269. The van der Waals surface area contributed by atoms with Gasteiger partial charge in [0.15, 0.2) is 11.5 Å². The Kier molecular flexibility index (Phi) is 6.89. The third kappa shape index (κ3) is 5.37. The van der Waals surface area contributed by atoms with Crippen molar-refractivity contribution in [1.82, 2.24) is 0 Å². The van der Waals surface area contributed by atoms with E-state index in [-0.39, 0.29) is 5.82 Å². The predicted octanol–water partition coefficient (Wildman–Crippen LogP) is 6.52. The summed E-state index contributed by atoms with van der Waals surface area (Å²) < 4.78 is 25.1. The van der Waals surface area contributed by atoms with Gasteiger partial charge in [-0.3, -0.25) is 0 Å². The largest absolute Gasteiger partial charge is 0.490 e. The molecule has 0 amide bonds. The Morgan fingerprint density at radius 2 is 1.86 bits per heavy atom. The van der Waals surface area contributed by atoms with Crippen LogP contribution in [0.4, 0.5) is 4.39 Å². The third-order valence-corrected chi connectivity index (χ3v) is 4.54. The fourth-order valence-corrected chi connectivity index (χ4v) is 2.97. The first-order valence-electron chi connectivity index (χ1n) is 9.11. The van der Waals surface area contributed by atoms with Gasteiger partial charge in [0.05, 0.1) is 18.2 Å². The van der Waals surface area contributed by atoms with E-state index < -0.39 is 0 Å². The molecule has 0 heterocycles. The van der Waals surface area contributed by atoms with Crippen molar-refractivity contribution in [2.75, 3.05) is 6.61 Å². The molecule has 0 aliphatic rings. The number of nitrogens with zero attached hydrogens (tertiary/aromatic N) is 1. The van der Waals surface area contributed by atoms with Crippen molar-refractivity contribution in [1.29, 1.82) is 5.26 Å². The highest BCUT2D eigenvalue weighted by Gasteiger charge is 2.09. The monoisotopic (exact) mass is 407 g/mol. The van der Waals surface area contributed by atoms with Crippen molar-refractivity contribution in [2.45, 2.75) is 13.5 Å². The van der Waals surface area contributed by atoms with Crippen LogP contribution in [-0.4, -0.2) is 6.61 Å². The average molecular weight is 408 g/mol. The Labute approximate surface area is 174 Å². The van der Waals surface area contributed by atoms with E-state index in [2.05, 4.69) is 6.07 Å². The zero-order valence-corrected chi connectivity index (χ0v) is 16.6. The van der Waals surface area contributed by atoms with E-state index in [1.165, 1.54) is 12.1 Å². The number of nitriles is 1. The lowest BCUT2D eigenvalue weighted by Crippen LogP contribution is -2.00. The van der Waals surface area contributed by atoms with E-state index in [4.69, 9.17) is 21.1 Å². The average Bonchev–Trinajstić information content (AvgIpc) is 2.72. The topological polar surface area (TPSA) is 42.2 Å². The van der Waals surface area contributed by atoms with Crippen LogP contribution in [0.2, 0.25) is 5.02 Å². The fraction of sp³-hybridized carbons (Fsp3) is 0.125. The molecule has 0 aliphatic heterocycles. The zero-order valence-electron chi connectivity index (χ0n) is 15.9. The van der Waals surface area contributed by atoms with E-state index in [0.717, 1.165) is 11.1 Å². The Morgan fingerprint density at radius 3 is 2.59 bits per heavy atom. The van der Waals surface area contributed by atoms with Crippen LogP contribution in [0.25, 0.3) is 11.6 Å². The molecular weight excluding hydrogens is 389 g/mol. The maximum Gasteiger partial charge on any atom is 0.161 e. The summed E-state index contributed by atoms with van der Waals surface area (Å²) in [7, 11) is 0. The number of ether oxygens (including phenoxy) is 2.